The number of anilines is 2. The lowest BCUT2D eigenvalue weighted by molar-refractivity contribution is -0.113. The third-order valence-electron chi connectivity index (χ3n) is 5.61. The molecule has 4 rings (SSSR count). The molecule has 0 fully saturated rings. The topological polar surface area (TPSA) is 133 Å². The van der Waals surface area contributed by atoms with Gasteiger partial charge in [-0.2, -0.15) is 10.1 Å². The highest BCUT2D eigenvalue weighted by Crippen LogP contribution is 2.43. The molecule has 0 aliphatic carbocycles. The summed E-state index contributed by atoms with van der Waals surface area (Å²) in [6.07, 6.45) is 2.63. The zero-order valence-corrected chi connectivity index (χ0v) is 20.0. The third kappa shape index (κ3) is 4.76. The van der Waals surface area contributed by atoms with E-state index in [0.29, 0.717) is 64.5 Å². The number of hydrogen-bond acceptors (Lipinski definition) is 9. The van der Waals surface area contributed by atoms with Gasteiger partial charge in [-0.1, -0.05) is 6.07 Å². The lowest BCUT2D eigenvalue weighted by Gasteiger charge is -2.29. The van der Waals surface area contributed by atoms with Crippen LogP contribution in [0, 0.1) is 0 Å². The van der Waals surface area contributed by atoms with Crippen molar-refractivity contribution in [2.24, 2.45) is 0 Å². The Morgan fingerprint density at radius 1 is 1.17 bits per heavy atom. The molecule has 1 aromatic carbocycles. The van der Waals surface area contributed by atoms with E-state index in [2.05, 4.69) is 25.7 Å². The normalized spacial score (nSPS) is 14.7. The van der Waals surface area contributed by atoms with Crippen LogP contribution in [-0.4, -0.2) is 58.7 Å². The number of ether oxygens (including phenoxy) is 3. The van der Waals surface area contributed by atoms with Crippen LogP contribution in [0.1, 0.15) is 30.8 Å². The predicted octanol–water partition coefficient (Wildman–Crippen LogP) is 2.55. The molecule has 3 aromatic rings. The Hall–Kier alpha value is -4.12. The minimum atomic E-state index is -0.654. The summed E-state index contributed by atoms with van der Waals surface area (Å²) in [5.74, 6) is 2.46. The van der Waals surface area contributed by atoms with Gasteiger partial charge in [0.15, 0.2) is 17.3 Å². The Labute approximate surface area is 202 Å². The van der Waals surface area contributed by atoms with E-state index >= 15 is 0 Å². The summed E-state index contributed by atoms with van der Waals surface area (Å²) >= 11 is 0. The van der Waals surface area contributed by atoms with Gasteiger partial charge in [0.05, 0.1) is 26.9 Å². The van der Waals surface area contributed by atoms with Crippen molar-refractivity contribution in [1.29, 1.82) is 0 Å². The SMILES string of the molecule is COc1cc(C2C(C(=O)Nc3ccccn3)=C(C)Nc3nc(CCCO)nn32)cc(OC)c1OC. The minimum Gasteiger partial charge on any atom is -0.493 e. The number of benzene rings is 1. The summed E-state index contributed by atoms with van der Waals surface area (Å²) in [7, 11) is 4.60. The van der Waals surface area contributed by atoms with Gasteiger partial charge in [0, 0.05) is 24.9 Å². The van der Waals surface area contributed by atoms with Crippen LogP contribution in [0.3, 0.4) is 0 Å². The quantitative estimate of drug-likeness (QED) is 0.423. The molecule has 0 radical (unpaired) electrons. The maximum absolute atomic E-state index is 13.6. The van der Waals surface area contributed by atoms with Crippen molar-refractivity contribution in [3.63, 3.8) is 0 Å². The molecule has 0 spiro atoms. The number of pyridine rings is 1. The molecule has 11 nitrogen and oxygen atoms in total. The van der Waals surface area contributed by atoms with E-state index in [-0.39, 0.29) is 12.5 Å². The van der Waals surface area contributed by atoms with Crippen LogP contribution in [0.5, 0.6) is 17.2 Å². The molecular formula is C24H28N6O5. The van der Waals surface area contributed by atoms with Crippen molar-refractivity contribution in [2.75, 3.05) is 38.6 Å². The molecule has 1 amide bonds. The maximum atomic E-state index is 13.6. The van der Waals surface area contributed by atoms with Gasteiger partial charge in [0.1, 0.15) is 11.9 Å². The number of aliphatic hydroxyl groups excluding tert-OH is 1. The number of carbonyl (C=O) groups excluding carboxylic acids is 1. The van der Waals surface area contributed by atoms with Crippen LogP contribution < -0.4 is 24.8 Å². The fraction of sp³-hybridized carbons (Fsp3) is 0.333. The summed E-state index contributed by atoms with van der Waals surface area (Å²) in [6, 6.07) is 8.21. The smallest absolute Gasteiger partial charge is 0.257 e. The van der Waals surface area contributed by atoms with Crippen molar-refractivity contribution in [1.82, 2.24) is 19.7 Å². The Kier molecular flexibility index (Phi) is 7.16. The van der Waals surface area contributed by atoms with Gasteiger partial charge in [0.2, 0.25) is 11.7 Å². The number of allylic oxidation sites excluding steroid dienone is 1. The van der Waals surface area contributed by atoms with Crippen molar-refractivity contribution in [2.45, 2.75) is 25.8 Å². The van der Waals surface area contributed by atoms with Crippen molar-refractivity contribution >= 4 is 17.7 Å². The predicted molar refractivity (Wildman–Crippen MR) is 129 cm³/mol. The molecule has 0 bridgehead atoms. The number of fused-ring (bicyclic) bond motifs is 1. The van der Waals surface area contributed by atoms with Gasteiger partial charge < -0.3 is 30.0 Å². The number of nitrogens with one attached hydrogen (secondary N) is 2. The number of carbonyl (C=O) groups is 1. The molecule has 1 aliphatic rings. The molecule has 3 heterocycles. The number of hydrogen-bond donors (Lipinski definition) is 3. The molecule has 0 saturated carbocycles. The Bertz CT molecular complexity index is 1220. The molecule has 0 saturated heterocycles. The zero-order chi connectivity index (χ0) is 24.9. The van der Waals surface area contributed by atoms with Crippen LogP contribution in [0.25, 0.3) is 0 Å². The lowest BCUT2D eigenvalue weighted by atomic mass is 9.94. The van der Waals surface area contributed by atoms with Crippen molar-refractivity contribution in [3.8, 4) is 17.2 Å². The van der Waals surface area contributed by atoms with Gasteiger partial charge in [-0.05, 0) is 43.2 Å². The second-order valence-corrected chi connectivity index (χ2v) is 7.82. The van der Waals surface area contributed by atoms with Gasteiger partial charge in [0.25, 0.3) is 5.91 Å². The number of nitrogens with zero attached hydrogens (tertiary/aromatic N) is 4. The van der Waals surface area contributed by atoms with E-state index in [9.17, 15) is 9.90 Å². The van der Waals surface area contributed by atoms with Crippen LogP contribution in [0.15, 0.2) is 47.8 Å². The van der Waals surface area contributed by atoms with Gasteiger partial charge >= 0.3 is 0 Å². The lowest BCUT2D eigenvalue weighted by Crippen LogP contribution is -2.31. The largest absolute Gasteiger partial charge is 0.493 e. The molecule has 1 unspecified atom stereocenters. The summed E-state index contributed by atoms with van der Waals surface area (Å²) < 4.78 is 18.2. The monoisotopic (exact) mass is 480 g/mol. The Morgan fingerprint density at radius 2 is 1.91 bits per heavy atom. The number of amides is 1. The summed E-state index contributed by atoms with van der Waals surface area (Å²) in [5, 5.41) is 20.0. The molecule has 1 aliphatic heterocycles. The first kappa shape index (κ1) is 24.0. The average Bonchev–Trinajstić information content (AvgIpc) is 3.28. The summed E-state index contributed by atoms with van der Waals surface area (Å²) in [5.41, 5.74) is 1.73. The van der Waals surface area contributed by atoms with Crippen LogP contribution in [-0.2, 0) is 11.2 Å². The van der Waals surface area contributed by atoms with E-state index in [1.807, 2.05) is 6.92 Å². The number of methoxy groups -OCH3 is 3. The molecule has 3 N–H and O–H groups in total. The Balaban J connectivity index is 1.85. The Morgan fingerprint density at radius 3 is 2.51 bits per heavy atom. The molecule has 1 atom stereocenters. The summed E-state index contributed by atoms with van der Waals surface area (Å²) in [6.45, 7) is 1.84. The summed E-state index contributed by atoms with van der Waals surface area (Å²) in [4.78, 5) is 22.3. The highest BCUT2D eigenvalue weighted by atomic mass is 16.5. The number of rotatable bonds is 9. The molecule has 35 heavy (non-hydrogen) atoms. The third-order valence-corrected chi connectivity index (χ3v) is 5.61. The van der Waals surface area contributed by atoms with Crippen molar-refractivity contribution < 1.29 is 24.1 Å². The van der Waals surface area contributed by atoms with Gasteiger partial charge in [-0.25, -0.2) is 9.67 Å². The second-order valence-electron chi connectivity index (χ2n) is 7.82. The van der Waals surface area contributed by atoms with Crippen molar-refractivity contribution in [3.05, 3.63) is 59.2 Å². The first-order valence-electron chi connectivity index (χ1n) is 11.1. The average molecular weight is 481 g/mol. The first-order valence-corrected chi connectivity index (χ1v) is 11.1. The molecule has 2 aromatic heterocycles. The van der Waals surface area contributed by atoms with E-state index in [0.717, 1.165) is 0 Å². The van der Waals surface area contributed by atoms with Crippen LogP contribution >= 0.6 is 0 Å². The zero-order valence-electron chi connectivity index (χ0n) is 20.0. The minimum absolute atomic E-state index is 0.0304. The maximum Gasteiger partial charge on any atom is 0.257 e. The number of aliphatic hydroxyl groups is 1. The van der Waals surface area contributed by atoms with E-state index in [4.69, 9.17) is 14.2 Å². The van der Waals surface area contributed by atoms with E-state index in [1.54, 1.807) is 41.2 Å². The van der Waals surface area contributed by atoms with Crippen LogP contribution in [0.2, 0.25) is 0 Å². The first-order chi connectivity index (χ1) is 17.0. The van der Waals surface area contributed by atoms with Crippen LogP contribution in [0.4, 0.5) is 11.8 Å². The molecular weight excluding hydrogens is 452 g/mol. The second kappa shape index (κ2) is 10.4. The highest BCUT2D eigenvalue weighted by molar-refractivity contribution is 6.05. The van der Waals surface area contributed by atoms with E-state index < -0.39 is 6.04 Å². The number of aromatic nitrogens is 4. The fourth-order valence-electron chi connectivity index (χ4n) is 4.02. The van der Waals surface area contributed by atoms with Gasteiger partial charge in [-0.15, -0.1) is 0 Å². The fourth-order valence-corrected chi connectivity index (χ4v) is 4.02. The highest BCUT2D eigenvalue weighted by Gasteiger charge is 2.35. The number of aryl methyl sites for hydroxylation is 1. The van der Waals surface area contributed by atoms with E-state index in [1.165, 1.54) is 21.3 Å². The standard InChI is InChI=1S/C24H28N6O5/c1-14-20(23(32)27-18-8-5-6-10-25-18)21(30-24(26-14)28-19(29-30)9-7-11-31)15-12-16(33-2)22(35-4)17(13-15)34-3/h5-6,8,10,12-13,21,31H,7,9,11H2,1-4H3,(H,25,27,32)(H,26,28,29). The van der Waals surface area contributed by atoms with Gasteiger partial charge in [-0.3, -0.25) is 4.79 Å². The molecule has 184 valence electrons. The molecule has 11 heteroatoms.